The van der Waals surface area contributed by atoms with Crippen molar-refractivity contribution in [1.29, 1.82) is 0 Å². The molecule has 15 nitrogen and oxygen atoms in total. The zero-order chi connectivity index (χ0) is 51.7. The molecule has 9 rings (SSSR count). The zero-order valence-electron chi connectivity index (χ0n) is 44.1. The lowest BCUT2D eigenvalue weighted by Gasteiger charge is -2.37. The number of carbonyl (C=O) groups is 4. The van der Waals surface area contributed by atoms with Gasteiger partial charge in [0.05, 0.1) is 34.8 Å². The number of rotatable bonds is 11. The maximum absolute atomic E-state index is 14.8. The number of ether oxygens (including phenoxy) is 3. The van der Waals surface area contributed by atoms with Gasteiger partial charge in [-0.05, 0) is 119 Å². The zero-order valence-corrected chi connectivity index (χ0v) is 44.9. The number of thiazole rings is 1. The predicted octanol–water partition coefficient (Wildman–Crippen LogP) is 8.07. The van der Waals surface area contributed by atoms with E-state index in [-0.39, 0.29) is 36.9 Å². The third kappa shape index (κ3) is 11.0. The van der Waals surface area contributed by atoms with Crippen molar-refractivity contribution >= 4 is 45.9 Å². The first kappa shape index (κ1) is 52.3. The van der Waals surface area contributed by atoms with Crippen LogP contribution >= 0.6 is 11.3 Å². The Kier molecular flexibility index (Phi) is 15.9. The molecule has 5 aromatic rings. The van der Waals surface area contributed by atoms with E-state index in [2.05, 4.69) is 85.4 Å². The number of cyclic esters (lactones) is 1. The van der Waals surface area contributed by atoms with Crippen molar-refractivity contribution in [2.24, 2.45) is 11.3 Å². The number of piperidine rings is 1. The smallest absolute Gasteiger partial charge is 0.324 e. The van der Waals surface area contributed by atoms with Crippen LogP contribution in [0.15, 0.2) is 66.2 Å². The van der Waals surface area contributed by atoms with E-state index < -0.39 is 47.4 Å². The van der Waals surface area contributed by atoms with E-state index in [1.165, 1.54) is 26.8 Å². The normalized spacial score (nSPS) is 23.0. The number of likely N-dealkylation sites (N-methyl/N-ethyl adjacent to an activating group) is 1. The SMILES string of the molecule is CCn1c(-c2cc(C3CCN(C)CC3)cnc2[C@H](C)OC)c2c3cc(ccc31)-c1csc(n1)C[C@H](NC(=O)[C@H](C(C)C)N(C)C(=O)[C@@H]1OCC[C@@H]1c1ccccc1)C(=O)N1CCC[C@H](N1)C(=O)OCC(C)(C)C2. The summed E-state index contributed by atoms with van der Waals surface area (Å²) in [7, 11) is 5.55. The molecule has 6 atom stereocenters. The highest BCUT2D eigenvalue weighted by Gasteiger charge is 2.43. The van der Waals surface area contributed by atoms with Crippen LogP contribution in [0.3, 0.4) is 0 Å². The molecule has 3 fully saturated rings. The Morgan fingerprint density at radius 1 is 1.01 bits per heavy atom. The number of methoxy groups -OCH3 is 1. The van der Waals surface area contributed by atoms with Gasteiger partial charge in [0.15, 0.2) is 0 Å². The number of pyridine rings is 1. The van der Waals surface area contributed by atoms with Gasteiger partial charge in [0.2, 0.25) is 5.91 Å². The number of aryl methyl sites for hydroxylation is 1. The van der Waals surface area contributed by atoms with Crippen molar-refractivity contribution in [2.75, 3.05) is 54.1 Å². The van der Waals surface area contributed by atoms with Crippen molar-refractivity contribution in [3.05, 3.63) is 93.6 Å². The van der Waals surface area contributed by atoms with Gasteiger partial charge >= 0.3 is 5.97 Å². The predicted molar refractivity (Wildman–Crippen MR) is 284 cm³/mol. The topological polar surface area (TPSA) is 160 Å². The Bertz CT molecular complexity index is 2800. The molecule has 16 heteroatoms. The highest BCUT2D eigenvalue weighted by molar-refractivity contribution is 7.10. The summed E-state index contributed by atoms with van der Waals surface area (Å²) in [6.45, 7) is 16.0. The molecule has 6 bridgehead atoms. The van der Waals surface area contributed by atoms with Gasteiger partial charge in [-0.1, -0.05) is 64.1 Å². The van der Waals surface area contributed by atoms with Gasteiger partial charge in [-0.25, -0.2) is 10.4 Å². The molecule has 3 amide bonds. The standard InChI is InChI=1S/C57H74N8O7S/c1-10-64-47-19-18-38-27-41(47)43(51(64)42-28-39(31-58-49(42)35(4)70-9)36-20-24-62(7)25-21-36)30-57(5,6)33-72-56(69)44-17-14-23-65(61-44)54(67)45(29-48-59-46(38)32-73-48)60-53(66)50(34(2)3)63(8)55(68)52-40(22-26-71-52)37-15-12-11-13-16-37/h11-13,15-16,18-19,27-28,31-32,34-36,40,44-45,50,52,61H,10,14,17,20-26,29-30,33H2,1-9H3,(H,60,66)/t35-,40+,44-,45-,50-,52+/m0/s1. The van der Waals surface area contributed by atoms with Gasteiger partial charge in [0.25, 0.3) is 11.8 Å². The minimum absolute atomic E-state index is 0.0892. The van der Waals surface area contributed by atoms with Crippen LogP contribution in [0.25, 0.3) is 33.4 Å². The first-order valence-electron chi connectivity index (χ1n) is 26.3. The summed E-state index contributed by atoms with van der Waals surface area (Å²) in [6.07, 6.45) is 5.57. The molecular formula is C57H74N8O7S. The molecule has 2 N–H and O–H groups in total. The monoisotopic (exact) mass is 1010 g/mol. The van der Waals surface area contributed by atoms with Crippen LogP contribution < -0.4 is 10.7 Å². The summed E-state index contributed by atoms with van der Waals surface area (Å²) in [5, 5.41) is 8.28. The van der Waals surface area contributed by atoms with E-state index >= 15 is 0 Å². The number of hydrazine groups is 1. The molecule has 73 heavy (non-hydrogen) atoms. The van der Waals surface area contributed by atoms with Crippen molar-refractivity contribution in [3.63, 3.8) is 0 Å². The first-order valence-corrected chi connectivity index (χ1v) is 27.2. The van der Waals surface area contributed by atoms with Crippen molar-refractivity contribution in [1.82, 2.24) is 40.1 Å². The van der Waals surface area contributed by atoms with Crippen LogP contribution in [-0.2, 0) is 52.8 Å². The fourth-order valence-corrected chi connectivity index (χ4v) is 12.4. The molecule has 2 aromatic carbocycles. The van der Waals surface area contributed by atoms with E-state index in [1.54, 1.807) is 14.2 Å². The van der Waals surface area contributed by atoms with Crippen LogP contribution in [-0.4, -0.2) is 131 Å². The highest BCUT2D eigenvalue weighted by Crippen LogP contribution is 2.44. The summed E-state index contributed by atoms with van der Waals surface area (Å²) >= 11 is 1.43. The molecule has 390 valence electrons. The van der Waals surface area contributed by atoms with Crippen LogP contribution in [0, 0.1) is 11.3 Å². The third-order valence-electron chi connectivity index (χ3n) is 15.7. The van der Waals surface area contributed by atoms with Crippen molar-refractivity contribution < 1.29 is 33.4 Å². The lowest BCUT2D eigenvalue weighted by molar-refractivity contribution is -0.155. The van der Waals surface area contributed by atoms with E-state index in [0.29, 0.717) is 56.3 Å². The molecule has 3 aromatic heterocycles. The second-order valence-corrected chi connectivity index (χ2v) is 22.8. The molecular weight excluding hydrogens is 941 g/mol. The summed E-state index contributed by atoms with van der Waals surface area (Å²) in [6, 6.07) is 16.0. The average Bonchev–Trinajstić information content (AvgIpc) is 4.15. The summed E-state index contributed by atoms with van der Waals surface area (Å²) in [5.74, 6) is -1.65. The number of hydrogen-bond acceptors (Lipinski definition) is 12. The number of likely N-dealkylation sites (tertiary alicyclic amines) is 1. The Labute approximate surface area is 434 Å². The number of hydrogen-bond donors (Lipinski definition) is 2. The van der Waals surface area contributed by atoms with Gasteiger partial charge in [-0.15, -0.1) is 11.3 Å². The van der Waals surface area contributed by atoms with Gasteiger partial charge in [-0.2, -0.15) is 0 Å². The van der Waals surface area contributed by atoms with E-state index in [9.17, 15) is 19.2 Å². The molecule has 0 aliphatic carbocycles. The number of nitrogens with one attached hydrogen (secondary N) is 2. The van der Waals surface area contributed by atoms with Crippen molar-refractivity contribution in [2.45, 2.75) is 135 Å². The molecule has 0 saturated carbocycles. The number of aromatic nitrogens is 3. The second-order valence-electron chi connectivity index (χ2n) is 21.8. The lowest BCUT2D eigenvalue weighted by atomic mass is 9.83. The Hall–Kier alpha value is -5.52. The van der Waals surface area contributed by atoms with E-state index in [0.717, 1.165) is 76.2 Å². The lowest BCUT2D eigenvalue weighted by Crippen LogP contribution is -2.62. The van der Waals surface area contributed by atoms with Crippen molar-refractivity contribution in [3.8, 4) is 22.5 Å². The summed E-state index contributed by atoms with van der Waals surface area (Å²) in [5.41, 5.74) is 11.8. The van der Waals surface area contributed by atoms with E-state index in [1.807, 2.05) is 49.6 Å². The van der Waals surface area contributed by atoms with Crippen LogP contribution in [0.2, 0.25) is 0 Å². The maximum Gasteiger partial charge on any atom is 0.324 e. The second kappa shape index (κ2) is 22.1. The summed E-state index contributed by atoms with van der Waals surface area (Å²) < 4.78 is 20.7. The fourth-order valence-electron chi connectivity index (χ4n) is 11.6. The molecule has 4 aliphatic rings. The molecule has 3 saturated heterocycles. The largest absolute Gasteiger partial charge is 0.464 e. The molecule has 0 unspecified atom stereocenters. The van der Waals surface area contributed by atoms with Gasteiger partial charge < -0.3 is 33.9 Å². The number of amides is 3. The minimum atomic E-state index is -1.08. The first-order chi connectivity index (χ1) is 35.0. The number of carbonyl (C=O) groups excluding carboxylic acids is 4. The Balaban J connectivity index is 1.09. The minimum Gasteiger partial charge on any atom is -0.464 e. The number of fused-ring (bicyclic) bond motifs is 6. The third-order valence-corrected chi connectivity index (χ3v) is 16.5. The highest BCUT2D eigenvalue weighted by atomic mass is 32.1. The summed E-state index contributed by atoms with van der Waals surface area (Å²) in [4.78, 5) is 72.1. The van der Waals surface area contributed by atoms with Gasteiger partial charge in [-0.3, -0.25) is 29.2 Å². The molecule has 0 spiro atoms. The quantitative estimate of drug-likeness (QED) is 0.123. The van der Waals surface area contributed by atoms with Crippen LogP contribution in [0.1, 0.15) is 119 Å². The van der Waals surface area contributed by atoms with Gasteiger partial charge in [0, 0.05) is 85.2 Å². The van der Waals surface area contributed by atoms with Crippen LogP contribution in [0.4, 0.5) is 0 Å². The molecule has 4 aliphatic heterocycles. The van der Waals surface area contributed by atoms with E-state index in [4.69, 9.17) is 24.2 Å². The number of esters is 1. The maximum atomic E-state index is 14.8. The van der Waals surface area contributed by atoms with Gasteiger partial charge in [0.1, 0.15) is 24.2 Å². The van der Waals surface area contributed by atoms with Crippen LogP contribution in [0.5, 0.6) is 0 Å². The Morgan fingerprint density at radius 2 is 1.78 bits per heavy atom. The fraction of sp³-hybridized carbons (Fsp3) is 0.544. The average molecular weight is 1020 g/mol. The molecule has 7 heterocycles. The number of benzene rings is 2. The molecule has 0 radical (unpaired) electrons. The Morgan fingerprint density at radius 3 is 2.51 bits per heavy atom. The number of nitrogens with zero attached hydrogens (tertiary/aromatic N) is 6.